The summed E-state index contributed by atoms with van der Waals surface area (Å²) in [7, 11) is 1.63. The highest BCUT2D eigenvalue weighted by Crippen LogP contribution is 2.23. The summed E-state index contributed by atoms with van der Waals surface area (Å²) in [4.78, 5) is 16.2. The van der Waals surface area contributed by atoms with E-state index in [1.54, 1.807) is 13.2 Å². The van der Waals surface area contributed by atoms with Crippen LogP contribution < -0.4 is 4.74 Å². The molecule has 1 heterocycles. The van der Waals surface area contributed by atoms with Crippen LogP contribution >= 0.6 is 0 Å². The maximum atomic E-state index is 11.9. The van der Waals surface area contributed by atoms with Crippen molar-refractivity contribution in [3.63, 3.8) is 0 Å². The highest BCUT2D eigenvalue weighted by atomic mass is 16.6. The van der Waals surface area contributed by atoms with Gasteiger partial charge in [-0.05, 0) is 48.4 Å². The molecular formula is C18H15NO3. The van der Waals surface area contributed by atoms with Gasteiger partial charge in [0.1, 0.15) is 5.75 Å². The van der Waals surface area contributed by atoms with E-state index < -0.39 is 5.97 Å². The van der Waals surface area contributed by atoms with Crippen LogP contribution in [0.25, 0.3) is 6.08 Å². The summed E-state index contributed by atoms with van der Waals surface area (Å²) in [6.45, 7) is 1.95. The Morgan fingerprint density at radius 3 is 2.59 bits per heavy atom. The quantitative estimate of drug-likeness (QED) is 0.644. The summed E-state index contributed by atoms with van der Waals surface area (Å²) in [6.07, 6.45) is 1.71. The van der Waals surface area contributed by atoms with Crippen LogP contribution in [0.2, 0.25) is 0 Å². The lowest BCUT2D eigenvalue weighted by atomic mass is 10.1. The number of hydrogen-bond donors (Lipinski definition) is 0. The molecule has 2 aromatic rings. The van der Waals surface area contributed by atoms with Crippen LogP contribution in [-0.2, 0) is 9.53 Å². The lowest BCUT2D eigenvalue weighted by molar-refractivity contribution is -0.129. The third-order valence-corrected chi connectivity index (χ3v) is 3.36. The summed E-state index contributed by atoms with van der Waals surface area (Å²) in [5.41, 5.74) is 2.95. The molecule has 1 aliphatic rings. The van der Waals surface area contributed by atoms with Crippen molar-refractivity contribution in [1.29, 1.82) is 0 Å². The number of rotatable bonds is 3. The fourth-order valence-electron chi connectivity index (χ4n) is 2.26. The number of esters is 1. The smallest absolute Gasteiger partial charge is 0.363 e. The standard InChI is InChI=1S/C18H15NO3/c1-12-10-13(8-9-16(12)21-2)11-15-18(20)22-17(19-15)14-6-4-3-5-7-14/h3-11H,1-2H3. The lowest BCUT2D eigenvalue weighted by Gasteiger charge is -2.04. The van der Waals surface area contributed by atoms with E-state index in [0.717, 1.165) is 22.4 Å². The van der Waals surface area contributed by atoms with E-state index in [-0.39, 0.29) is 0 Å². The van der Waals surface area contributed by atoms with Gasteiger partial charge >= 0.3 is 5.97 Å². The molecule has 1 aliphatic heterocycles. The normalized spacial score (nSPS) is 15.6. The third-order valence-electron chi connectivity index (χ3n) is 3.36. The second-order valence-corrected chi connectivity index (χ2v) is 4.93. The van der Waals surface area contributed by atoms with Crippen LogP contribution in [0.1, 0.15) is 16.7 Å². The zero-order valence-corrected chi connectivity index (χ0v) is 12.4. The first-order valence-electron chi connectivity index (χ1n) is 6.90. The molecule has 0 fully saturated rings. The van der Waals surface area contributed by atoms with Crippen LogP contribution in [0.3, 0.4) is 0 Å². The van der Waals surface area contributed by atoms with Crippen molar-refractivity contribution in [3.05, 3.63) is 70.9 Å². The molecule has 0 aromatic heterocycles. The van der Waals surface area contributed by atoms with Crippen molar-refractivity contribution >= 4 is 17.9 Å². The molecule has 0 radical (unpaired) electrons. The molecule has 4 nitrogen and oxygen atoms in total. The number of aryl methyl sites for hydroxylation is 1. The maximum absolute atomic E-state index is 11.9. The first-order valence-corrected chi connectivity index (χ1v) is 6.90. The van der Waals surface area contributed by atoms with E-state index in [1.807, 2.05) is 55.5 Å². The number of carbonyl (C=O) groups excluding carboxylic acids is 1. The van der Waals surface area contributed by atoms with E-state index in [2.05, 4.69) is 4.99 Å². The lowest BCUT2D eigenvalue weighted by Crippen LogP contribution is -2.04. The number of methoxy groups -OCH3 is 1. The van der Waals surface area contributed by atoms with Gasteiger partial charge in [-0.15, -0.1) is 0 Å². The number of nitrogens with zero attached hydrogens (tertiary/aromatic N) is 1. The van der Waals surface area contributed by atoms with Gasteiger partial charge in [0.05, 0.1) is 7.11 Å². The van der Waals surface area contributed by atoms with Crippen molar-refractivity contribution < 1.29 is 14.3 Å². The second kappa shape index (κ2) is 5.85. The summed E-state index contributed by atoms with van der Waals surface area (Å²) < 4.78 is 10.5. The molecule has 0 saturated heterocycles. The van der Waals surface area contributed by atoms with Gasteiger partial charge < -0.3 is 9.47 Å². The van der Waals surface area contributed by atoms with Gasteiger partial charge in [-0.1, -0.05) is 24.3 Å². The molecule has 0 atom stereocenters. The molecule has 22 heavy (non-hydrogen) atoms. The Labute approximate surface area is 128 Å². The van der Waals surface area contributed by atoms with Crippen molar-refractivity contribution in [2.45, 2.75) is 6.92 Å². The van der Waals surface area contributed by atoms with Gasteiger partial charge in [-0.3, -0.25) is 0 Å². The SMILES string of the molecule is COc1ccc(C=C2N=C(c3ccccc3)OC2=O)cc1C. The topological polar surface area (TPSA) is 47.9 Å². The van der Waals surface area contributed by atoms with E-state index in [9.17, 15) is 4.79 Å². The monoisotopic (exact) mass is 293 g/mol. The zero-order valence-electron chi connectivity index (χ0n) is 12.4. The van der Waals surface area contributed by atoms with Crippen LogP contribution in [0, 0.1) is 6.92 Å². The number of carbonyl (C=O) groups is 1. The van der Waals surface area contributed by atoms with E-state index in [0.29, 0.717) is 11.6 Å². The fraction of sp³-hybridized carbons (Fsp3) is 0.111. The molecule has 2 aromatic carbocycles. The predicted molar refractivity (Wildman–Crippen MR) is 84.8 cm³/mol. The first-order chi connectivity index (χ1) is 10.7. The van der Waals surface area contributed by atoms with Crippen molar-refractivity contribution in [3.8, 4) is 5.75 Å². The Hall–Kier alpha value is -2.88. The van der Waals surface area contributed by atoms with Gasteiger partial charge in [-0.25, -0.2) is 9.79 Å². The van der Waals surface area contributed by atoms with E-state index in [4.69, 9.17) is 9.47 Å². The second-order valence-electron chi connectivity index (χ2n) is 4.93. The average molecular weight is 293 g/mol. The van der Waals surface area contributed by atoms with Gasteiger partial charge in [0.15, 0.2) is 5.70 Å². The van der Waals surface area contributed by atoms with Crippen LogP contribution in [-0.4, -0.2) is 19.0 Å². The Morgan fingerprint density at radius 1 is 1.14 bits per heavy atom. The van der Waals surface area contributed by atoms with Gasteiger partial charge in [0.25, 0.3) is 0 Å². The molecule has 0 saturated carbocycles. The minimum absolute atomic E-state index is 0.295. The predicted octanol–water partition coefficient (Wildman–Crippen LogP) is 3.35. The van der Waals surface area contributed by atoms with Crippen molar-refractivity contribution in [2.24, 2.45) is 4.99 Å². The molecule has 0 bridgehead atoms. The van der Waals surface area contributed by atoms with Crippen molar-refractivity contribution in [2.75, 3.05) is 7.11 Å². The Balaban J connectivity index is 1.92. The van der Waals surface area contributed by atoms with Gasteiger partial charge in [-0.2, -0.15) is 0 Å². The molecule has 0 unspecified atom stereocenters. The van der Waals surface area contributed by atoms with Crippen LogP contribution in [0.4, 0.5) is 0 Å². The zero-order chi connectivity index (χ0) is 15.5. The molecule has 0 aliphatic carbocycles. The molecule has 0 spiro atoms. The Bertz CT molecular complexity index is 776. The number of aliphatic imine (C=N–C) groups is 1. The molecule has 110 valence electrons. The summed E-state index contributed by atoms with van der Waals surface area (Å²) in [5, 5.41) is 0. The molecule has 0 amide bonds. The molecule has 0 N–H and O–H groups in total. The van der Waals surface area contributed by atoms with Crippen LogP contribution in [0.15, 0.2) is 59.2 Å². The number of benzene rings is 2. The number of cyclic esters (lactones) is 1. The maximum Gasteiger partial charge on any atom is 0.363 e. The van der Waals surface area contributed by atoms with Gasteiger partial charge in [0, 0.05) is 5.56 Å². The van der Waals surface area contributed by atoms with Crippen LogP contribution in [0.5, 0.6) is 5.75 Å². The van der Waals surface area contributed by atoms with E-state index in [1.165, 1.54) is 0 Å². The average Bonchev–Trinajstić information content (AvgIpc) is 2.89. The minimum Gasteiger partial charge on any atom is -0.496 e. The summed E-state index contributed by atoms with van der Waals surface area (Å²) in [5.74, 6) is 0.707. The fourth-order valence-corrected chi connectivity index (χ4v) is 2.26. The molecular weight excluding hydrogens is 278 g/mol. The first kappa shape index (κ1) is 14.1. The highest BCUT2D eigenvalue weighted by molar-refractivity contribution is 6.12. The number of hydrogen-bond acceptors (Lipinski definition) is 4. The molecule has 4 heteroatoms. The minimum atomic E-state index is -0.438. The highest BCUT2D eigenvalue weighted by Gasteiger charge is 2.23. The third kappa shape index (κ3) is 2.76. The molecule has 3 rings (SSSR count). The Morgan fingerprint density at radius 2 is 1.91 bits per heavy atom. The largest absolute Gasteiger partial charge is 0.496 e. The summed E-state index contributed by atoms with van der Waals surface area (Å²) in [6, 6.07) is 15.0. The van der Waals surface area contributed by atoms with E-state index >= 15 is 0 Å². The number of ether oxygens (including phenoxy) is 2. The summed E-state index contributed by atoms with van der Waals surface area (Å²) >= 11 is 0. The van der Waals surface area contributed by atoms with Gasteiger partial charge in [0.2, 0.25) is 5.90 Å². The van der Waals surface area contributed by atoms with Crippen molar-refractivity contribution in [1.82, 2.24) is 0 Å². The Kier molecular flexibility index (Phi) is 3.74.